The number of rotatable bonds is 8. The summed E-state index contributed by atoms with van der Waals surface area (Å²) in [6, 6.07) is 14.7. The lowest BCUT2D eigenvalue weighted by Gasteiger charge is -2.13. The summed E-state index contributed by atoms with van der Waals surface area (Å²) in [5.41, 5.74) is 1.87. The van der Waals surface area contributed by atoms with Crippen LogP contribution in [0.2, 0.25) is 0 Å². The normalized spacial score (nSPS) is 13.2. The Morgan fingerprint density at radius 3 is 2.28 bits per heavy atom. The number of nitrogens with zero attached hydrogens (tertiary/aromatic N) is 2. The average Bonchev–Trinajstić information content (AvgIpc) is 3.24. The smallest absolute Gasteiger partial charge is 0.261 e. The zero-order valence-electron chi connectivity index (χ0n) is 15.9. The van der Waals surface area contributed by atoms with Crippen LogP contribution in [-0.4, -0.2) is 34.2 Å². The van der Waals surface area contributed by atoms with Gasteiger partial charge in [0.25, 0.3) is 11.8 Å². The Kier molecular flexibility index (Phi) is 5.67. The quantitative estimate of drug-likeness (QED) is 0.441. The van der Waals surface area contributed by atoms with Crippen molar-refractivity contribution in [2.24, 2.45) is 0 Å². The molecular weight excluding hydrogens is 386 g/mol. The van der Waals surface area contributed by atoms with Gasteiger partial charge < -0.3 is 5.32 Å². The van der Waals surface area contributed by atoms with Crippen molar-refractivity contribution in [3.63, 3.8) is 0 Å². The Morgan fingerprint density at radius 1 is 0.897 bits per heavy atom. The molecule has 0 radical (unpaired) electrons. The second kappa shape index (κ2) is 8.53. The van der Waals surface area contributed by atoms with E-state index in [4.69, 9.17) is 0 Å². The number of fused-ring (bicyclic) bond motifs is 2. The molecule has 3 amide bonds. The van der Waals surface area contributed by atoms with E-state index in [1.54, 1.807) is 24.3 Å². The first kappa shape index (κ1) is 19.3. The number of carbonyl (C=O) groups excluding carboxylic acids is 3. The van der Waals surface area contributed by atoms with Crippen LogP contribution in [0.1, 0.15) is 52.8 Å². The molecule has 0 saturated carbocycles. The number of para-hydroxylation sites is 1. The van der Waals surface area contributed by atoms with Crippen LogP contribution < -0.4 is 5.32 Å². The Hall–Kier alpha value is -3.06. The van der Waals surface area contributed by atoms with Crippen molar-refractivity contribution in [2.45, 2.75) is 32.1 Å². The van der Waals surface area contributed by atoms with E-state index in [0.29, 0.717) is 29.2 Å². The minimum Gasteiger partial charge on any atom is -0.302 e. The molecule has 0 bridgehead atoms. The second-order valence-electron chi connectivity index (χ2n) is 7.01. The van der Waals surface area contributed by atoms with Gasteiger partial charge in [-0.05, 0) is 37.1 Å². The van der Waals surface area contributed by atoms with Crippen LogP contribution in [0.15, 0.2) is 48.5 Å². The summed E-state index contributed by atoms with van der Waals surface area (Å²) < 4.78 is 1.05. The third-order valence-electron chi connectivity index (χ3n) is 4.95. The fourth-order valence-corrected chi connectivity index (χ4v) is 4.34. The maximum absolute atomic E-state index is 12.3. The van der Waals surface area contributed by atoms with Gasteiger partial charge in [-0.3, -0.25) is 19.3 Å². The zero-order valence-corrected chi connectivity index (χ0v) is 16.7. The molecule has 1 aliphatic heterocycles. The maximum Gasteiger partial charge on any atom is 0.261 e. The molecule has 6 nitrogen and oxygen atoms in total. The van der Waals surface area contributed by atoms with Gasteiger partial charge in [-0.1, -0.05) is 48.4 Å². The number of anilines is 1. The SMILES string of the molecule is O=C(CCCCCCN1C(=O)c2ccccc2C1=O)Nc1nc2ccccc2s1. The van der Waals surface area contributed by atoms with E-state index in [1.807, 2.05) is 24.3 Å². The van der Waals surface area contributed by atoms with Crippen molar-refractivity contribution in [1.29, 1.82) is 0 Å². The van der Waals surface area contributed by atoms with Crippen LogP contribution in [0.5, 0.6) is 0 Å². The molecule has 1 aliphatic rings. The summed E-state index contributed by atoms with van der Waals surface area (Å²) in [6.45, 7) is 0.421. The number of benzene rings is 2. The van der Waals surface area contributed by atoms with Crippen LogP contribution in [0.25, 0.3) is 10.2 Å². The topological polar surface area (TPSA) is 79.4 Å². The van der Waals surface area contributed by atoms with Crippen molar-refractivity contribution in [3.8, 4) is 0 Å². The van der Waals surface area contributed by atoms with Crippen LogP contribution in [0.4, 0.5) is 5.13 Å². The second-order valence-corrected chi connectivity index (χ2v) is 8.04. The first-order valence-electron chi connectivity index (χ1n) is 9.74. The summed E-state index contributed by atoms with van der Waals surface area (Å²) in [4.78, 5) is 42.4. The predicted molar refractivity (Wildman–Crippen MR) is 113 cm³/mol. The highest BCUT2D eigenvalue weighted by molar-refractivity contribution is 7.22. The van der Waals surface area contributed by atoms with Gasteiger partial charge in [0.15, 0.2) is 5.13 Å². The first-order valence-corrected chi connectivity index (χ1v) is 10.6. The van der Waals surface area contributed by atoms with E-state index in [2.05, 4.69) is 10.3 Å². The van der Waals surface area contributed by atoms with Crippen LogP contribution in [-0.2, 0) is 4.79 Å². The van der Waals surface area contributed by atoms with Crippen LogP contribution >= 0.6 is 11.3 Å². The fourth-order valence-electron chi connectivity index (χ4n) is 3.46. The average molecular weight is 407 g/mol. The molecule has 29 heavy (non-hydrogen) atoms. The van der Waals surface area contributed by atoms with Gasteiger partial charge >= 0.3 is 0 Å². The molecule has 7 heteroatoms. The third-order valence-corrected chi connectivity index (χ3v) is 5.91. The van der Waals surface area contributed by atoms with Crippen LogP contribution in [0.3, 0.4) is 0 Å². The highest BCUT2D eigenvalue weighted by atomic mass is 32.1. The Bertz CT molecular complexity index is 1010. The van der Waals surface area contributed by atoms with Gasteiger partial charge in [-0.2, -0.15) is 0 Å². The van der Waals surface area contributed by atoms with Gasteiger partial charge in [-0.25, -0.2) is 4.98 Å². The summed E-state index contributed by atoms with van der Waals surface area (Å²) in [7, 11) is 0. The maximum atomic E-state index is 12.3. The molecule has 0 unspecified atom stereocenters. The van der Waals surface area contributed by atoms with Crippen LogP contribution in [0, 0.1) is 0 Å². The number of thiazole rings is 1. The molecular formula is C22H21N3O3S. The number of carbonyl (C=O) groups is 3. The molecule has 4 rings (SSSR count). The molecule has 0 spiro atoms. The number of hydrogen-bond donors (Lipinski definition) is 1. The molecule has 0 aliphatic carbocycles. The molecule has 1 N–H and O–H groups in total. The zero-order chi connectivity index (χ0) is 20.2. The number of aromatic nitrogens is 1. The number of hydrogen-bond acceptors (Lipinski definition) is 5. The van der Waals surface area contributed by atoms with Gasteiger partial charge in [0, 0.05) is 13.0 Å². The highest BCUT2D eigenvalue weighted by Gasteiger charge is 2.34. The number of amides is 3. The molecule has 0 saturated heterocycles. The van der Waals surface area contributed by atoms with Crippen molar-refractivity contribution in [2.75, 3.05) is 11.9 Å². The largest absolute Gasteiger partial charge is 0.302 e. The molecule has 3 aromatic rings. The van der Waals surface area contributed by atoms with E-state index in [-0.39, 0.29) is 17.7 Å². The van der Waals surface area contributed by atoms with Gasteiger partial charge in [0.2, 0.25) is 5.91 Å². The predicted octanol–water partition coefficient (Wildman–Crippen LogP) is 4.48. The fraction of sp³-hybridized carbons (Fsp3) is 0.273. The van der Waals surface area contributed by atoms with E-state index >= 15 is 0 Å². The Balaban J connectivity index is 1.16. The number of unbranched alkanes of at least 4 members (excludes halogenated alkanes) is 3. The lowest BCUT2D eigenvalue weighted by atomic mass is 10.1. The minimum atomic E-state index is -0.208. The van der Waals surface area contributed by atoms with Gasteiger partial charge in [0.05, 0.1) is 21.3 Å². The molecule has 1 aromatic heterocycles. The summed E-state index contributed by atoms with van der Waals surface area (Å²) >= 11 is 1.47. The van der Waals surface area contributed by atoms with Crippen molar-refractivity contribution in [1.82, 2.24) is 9.88 Å². The number of nitrogens with one attached hydrogen (secondary N) is 1. The molecule has 148 valence electrons. The molecule has 2 heterocycles. The van der Waals surface area contributed by atoms with E-state index in [0.717, 1.165) is 35.9 Å². The Morgan fingerprint density at radius 2 is 1.55 bits per heavy atom. The monoisotopic (exact) mass is 407 g/mol. The lowest BCUT2D eigenvalue weighted by Crippen LogP contribution is -2.30. The summed E-state index contributed by atoms with van der Waals surface area (Å²) in [5.74, 6) is -0.453. The Labute approximate surface area is 172 Å². The highest BCUT2D eigenvalue weighted by Crippen LogP contribution is 2.26. The standard InChI is InChI=1S/C22H21N3O3S/c26-19(24-22-23-17-11-6-7-12-18(17)29-22)13-3-1-2-8-14-25-20(27)15-9-4-5-10-16(15)21(25)28/h4-7,9-12H,1-3,8,13-14H2,(H,23,24,26). The molecule has 0 fully saturated rings. The first-order chi connectivity index (χ1) is 14.1. The summed E-state index contributed by atoms with van der Waals surface area (Å²) in [5, 5.41) is 3.49. The van der Waals surface area contributed by atoms with E-state index in [9.17, 15) is 14.4 Å². The lowest BCUT2D eigenvalue weighted by molar-refractivity contribution is -0.116. The van der Waals surface area contributed by atoms with Gasteiger partial charge in [0.1, 0.15) is 0 Å². The molecule has 2 aromatic carbocycles. The number of imide groups is 1. The third kappa shape index (κ3) is 4.19. The summed E-state index contributed by atoms with van der Waals surface area (Å²) in [6.07, 6.45) is 3.67. The van der Waals surface area contributed by atoms with Crippen molar-refractivity contribution in [3.05, 3.63) is 59.7 Å². The van der Waals surface area contributed by atoms with E-state index in [1.165, 1.54) is 16.2 Å². The van der Waals surface area contributed by atoms with Gasteiger partial charge in [-0.15, -0.1) is 0 Å². The van der Waals surface area contributed by atoms with Crippen molar-refractivity contribution >= 4 is 44.4 Å². The molecule has 0 atom stereocenters. The van der Waals surface area contributed by atoms with Crippen molar-refractivity contribution < 1.29 is 14.4 Å². The van der Waals surface area contributed by atoms with E-state index < -0.39 is 0 Å². The minimum absolute atomic E-state index is 0.0376.